The minimum absolute atomic E-state index is 0.0712. The second-order valence-corrected chi connectivity index (χ2v) is 11.9. The fraction of sp³-hybridized carbons (Fsp3) is 0.615. The Morgan fingerprint density at radius 2 is 1.87 bits per heavy atom. The molecule has 12 nitrogen and oxygen atoms in total. The van der Waals surface area contributed by atoms with Gasteiger partial charge in [-0.05, 0) is 51.9 Å². The number of amides is 4. The van der Waals surface area contributed by atoms with Gasteiger partial charge in [-0.15, -0.1) is 0 Å². The van der Waals surface area contributed by atoms with Gasteiger partial charge >= 0.3 is 0 Å². The zero-order chi connectivity index (χ0) is 28.4. The van der Waals surface area contributed by atoms with E-state index in [1.54, 1.807) is 13.0 Å². The topological polar surface area (TPSA) is 168 Å². The fourth-order valence-corrected chi connectivity index (χ4v) is 5.58. The van der Waals surface area contributed by atoms with Gasteiger partial charge in [0.1, 0.15) is 17.8 Å². The van der Waals surface area contributed by atoms with Crippen LogP contribution >= 0.6 is 0 Å². The van der Waals surface area contributed by atoms with Crippen LogP contribution in [0.15, 0.2) is 24.5 Å². The van der Waals surface area contributed by atoms with Crippen LogP contribution < -0.4 is 15.4 Å². The molecule has 1 aliphatic carbocycles. The molecule has 1 aromatic heterocycles. The Labute approximate surface area is 229 Å². The third kappa shape index (κ3) is 9.12. The van der Waals surface area contributed by atoms with Crippen LogP contribution in [0.3, 0.4) is 0 Å². The number of hydrogen-bond acceptors (Lipinski definition) is 8. The number of sulfonamides is 1. The van der Waals surface area contributed by atoms with Crippen molar-refractivity contribution in [2.75, 3.05) is 13.1 Å². The molecule has 0 radical (unpaired) electrons. The molecule has 39 heavy (non-hydrogen) atoms. The lowest BCUT2D eigenvalue weighted by Crippen LogP contribution is -2.54. The molecule has 2 atom stereocenters. The standard InChI is InChI=1S/C26H38N6O6S/c1-3-4-5-6-7-8-10-20(25(35)31-39(37,38)19-12-13-19)30-26(36)22-11-9-14-32(22)23(33)17-29-24(34)21-16-27-18(2)15-28-21/h7-8,15-16,19-20,22H,3-6,9-14,17H2,1-2H3,(H,29,34)(H,30,36)(H,31,35)/b8-7-/t20-,22+/m1/s1. The number of carbonyl (C=O) groups excluding carboxylic acids is 4. The van der Waals surface area contributed by atoms with Crippen molar-refractivity contribution < 1.29 is 27.6 Å². The molecule has 0 spiro atoms. The van der Waals surface area contributed by atoms with Gasteiger partial charge in [0.2, 0.25) is 21.8 Å². The maximum atomic E-state index is 13.2. The van der Waals surface area contributed by atoms with Gasteiger partial charge in [0.05, 0.1) is 23.7 Å². The van der Waals surface area contributed by atoms with E-state index in [1.807, 2.05) is 6.08 Å². The Bertz CT molecular complexity index is 1170. The van der Waals surface area contributed by atoms with Crippen LogP contribution in [0, 0.1) is 6.92 Å². The van der Waals surface area contributed by atoms with Crippen LogP contribution in [0.5, 0.6) is 0 Å². The molecule has 4 amide bonds. The normalized spacial score (nSPS) is 18.1. The van der Waals surface area contributed by atoms with Gasteiger partial charge in [-0.2, -0.15) is 0 Å². The summed E-state index contributed by atoms with van der Waals surface area (Å²) >= 11 is 0. The van der Waals surface area contributed by atoms with E-state index in [-0.39, 0.29) is 18.7 Å². The average molecular weight is 563 g/mol. The first-order chi connectivity index (χ1) is 18.6. The van der Waals surface area contributed by atoms with E-state index in [2.05, 4.69) is 32.2 Å². The molecular formula is C26H38N6O6S. The molecular weight excluding hydrogens is 524 g/mol. The molecule has 1 saturated heterocycles. The van der Waals surface area contributed by atoms with E-state index in [0.29, 0.717) is 37.9 Å². The highest BCUT2D eigenvalue weighted by Gasteiger charge is 2.39. The summed E-state index contributed by atoms with van der Waals surface area (Å²) < 4.78 is 26.8. The van der Waals surface area contributed by atoms with Crippen molar-refractivity contribution in [2.45, 2.75) is 89.0 Å². The number of unbranched alkanes of at least 4 members (excludes halogenated alkanes) is 3. The number of nitrogens with one attached hydrogen (secondary N) is 3. The second-order valence-electron chi connectivity index (χ2n) is 9.95. The minimum atomic E-state index is -3.78. The summed E-state index contributed by atoms with van der Waals surface area (Å²) in [5.41, 5.74) is 0.722. The Morgan fingerprint density at radius 3 is 2.54 bits per heavy atom. The third-order valence-electron chi connectivity index (χ3n) is 6.64. The van der Waals surface area contributed by atoms with Crippen LogP contribution in [0.2, 0.25) is 0 Å². The van der Waals surface area contributed by atoms with Crippen LogP contribution in [0.25, 0.3) is 0 Å². The van der Waals surface area contributed by atoms with E-state index in [1.165, 1.54) is 17.3 Å². The first kappa shape index (κ1) is 30.2. The molecule has 2 fully saturated rings. The van der Waals surface area contributed by atoms with Crippen molar-refractivity contribution in [3.8, 4) is 0 Å². The SMILES string of the molecule is CCCCC/C=C\C[C@@H](NC(=O)[C@@H]1CCCN1C(=O)CNC(=O)c1cnc(C)cn1)C(=O)NS(=O)(=O)C1CC1. The number of aromatic nitrogens is 2. The van der Waals surface area contributed by atoms with Crippen LogP contribution in [0.1, 0.15) is 80.9 Å². The quantitative estimate of drug-likeness (QED) is 0.224. The molecule has 0 unspecified atom stereocenters. The summed E-state index contributed by atoms with van der Waals surface area (Å²) in [6, 6.07) is -1.94. The summed E-state index contributed by atoms with van der Waals surface area (Å²) in [5.74, 6) is -2.35. The van der Waals surface area contributed by atoms with Crippen molar-refractivity contribution in [1.82, 2.24) is 30.2 Å². The monoisotopic (exact) mass is 562 g/mol. The second kappa shape index (κ2) is 14.2. The minimum Gasteiger partial charge on any atom is -0.342 e. The summed E-state index contributed by atoms with van der Waals surface area (Å²) in [6.07, 6.45) is 12.5. The van der Waals surface area contributed by atoms with Crippen LogP contribution in [-0.2, 0) is 24.4 Å². The first-order valence-electron chi connectivity index (χ1n) is 13.5. The highest BCUT2D eigenvalue weighted by atomic mass is 32.2. The van der Waals surface area contributed by atoms with Gasteiger partial charge in [-0.3, -0.25) is 28.9 Å². The molecule has 2 aliphatic rings. The Balaban J connectivity index is 1.60. The molecule has 3 rings (SSSR count). The molecule has 0 aromatic carbocycles. The summed E-state index contributed by atoms with van der Waals surface area (Å²) in [6.45, 7) is 3.83. The number of nitrogens with zero attached hydrogens (tertiary/aromatic N) is 3. The third-order valence-corrected chi connectivity index (χ3v) is 8.48. The van der Waals surface area contributed by atoms with Crippen molar-refractivity contribution in [2.24, 2.45) is 0 Å². The average Bonchev–Trinajstić information content (AvgIpc) is 3.66. The van der Waals surface area contributed by atoms with E-state index >= 15 is 0 Å². The van der Waals surface area contributed by atoms with E-state index < -0.39 is 51.0 Å². The van der Waals surface area contributed by atoms with Crippen molar-refractivity contribution in [3.63, 3.8) is 0 Å². The molecule has 214 valence electrons. The Morgan fingerprint density at radius 1 is 1.10 bits per heavy atom. The number of rotatable bonds is 14. The van der Waals surface area contributed by atoms with Gasteiger partial charge in [0.15, 0.2) is 0 Å². The summed E-state index contributed by atoms with van der Waals surface area (Å²) in [4.78, 5) is 60.6. The van der Waals surface area contributed by atoms with E-state index in [9.17, 15) is 27.6 Å². The zero-order valence-corrected chi connectivity index (χ0v) is 23.3. The molecule has 1 saturated carbocycles. The maximum absolute atomic E-state index is 13.2. The highest BCUT2D eigenvalue weighted by Crippen LogP contribution is 2.27. The number of hydrogen-bond donors (Lipinski definition) is 3. The molecule has 13 heteroatoms. The fourth-order valence-electron chi connectivity index (χ4n) is 4.23. The lowest BCUT2D eigenvalue weighted by atomic mass is 10.1. The predicted molar refractivity (Wildman–Crippen MR) is 144 cm³/mol. The van der Waals surface area contributed by atoms with E-state index in [0.717, 1.165) is 25.7 Å². The number of likely N-dealkylation sites (tertiary alicyclic amines) is 1. The van der Waals surface area contributed by atoms with Crippen LogP contribution in [0.4, 0.5) is 0 Å². The molecule has 3 N–H and O–H groups in total. The first-order valence-corrected chi connectivity index (χ1v) is 15.0. The molecule has 0 bridgehead atoms. The molecule has 1 aromatic rings. The van der Waals surface area contributed by atoms with Crippen molar-refractivity contribution in [1.29, 1.82) is 0 Å². The molecule has 1 aliphatic heterocycles. The lowest BCUT2D eigenvalue weighted by molar-refractivity contribution is -0.138. The maximum Gasteiger partial charge on any atom is 0.271 e. The largest absolute Gasteiger partial charge is 0.342 e. The lowest BCUT2D eigenvalue weighted by Gasteiger charge is -2.26. The number of aryl methyl sites for hydroxylation is 1. The van der Waals surface area contributed by atoms with Crippen molar-refractivity contribution in [3.05, 3.63) is 35.9 Å². The Hall–Kier alpha value is -3.35. The number of allylic oxidation sites excluding steroid dienone is 1. The van der Waals surface area contributed by atoms with Gasteiger partial charge in [-0.1, -0.05) is 31.9 Å². The van der Waals surface area contributed by atoms with Gasteiger partial charge in [-0.25, -0.2) is 13.4 Å². The molecule has 2 heterocycles. The predicted octanol–water partition coefficient (Wildman–Crippen LogP) is 1.13. The summed E-state index contributed by atoms with van der Waals surface area (Å²) in [7, 11) is -3.78. The van der Waals surface area contributed by atoms with Crippen molar-refractivity contribution >= 4 is 33.7 Å². The highest BCUT2D eigenvalue weighted by molar-refractivity contribution is 7.90. The van der Waals surface area contributed by atoms with Crippen LogP contribution in [-0.4, -0.2) is 77.3 Å². The van der Waals surface area contributed by atoms with Gasteiger partial charge in [0, 0.05) is 12.7 Å². The summed E-state index contributed by atoms with van der Waals surface area (Å²) in [5, 5.41) is 4.58. The number of carbonyl (C=O) groups is 4. The van der Waals surface area contributed by atoms with E-state index in [4.69, 9.17) is 0 Å². The van der Waals surface area contributed by atoms with Gasteiger partial charge < -0.3 is 15.5 Å². The Kier molecular flexibility index (Phi) is 11.0. The smallest absolute Gasteiger partial charge is 0.271 e. The zero-order valence-electron chi connectivity index (χ0n) is 22.5. The van der Waals surface area contributed by atoms with Gasteiger partial charge in [0.25, 0.3) is 11.8 Å².